The molecule has 5 N–H and O–H groups in total. The molecule has 16 heavy (non-hydrogen) atoms. The number of amides is 1. The number of anilines is 1. The van der Waals surface area contributed by atoms with Gasteiger partial charge in [0.1, 0.15) is 4.99 Å². The lowest BCUT2D eigenvalue weighted by molar-refractivity contribution is -0.117. The molecule has 0 aliphatic heterocycles. The fourth-order valence-electron chi connectivity index (χ4n) is 1.24. The standard InChI is InChI=1S/C10H12ClN3OS/c11-6-2-1-3-7(9(6)10(13)16)14-5-4-8(12)15/h1-3,14H,4-5H2,(H2,12,15)(H2,13,16). The van der Waals surface area contributed by atoms with Crippen LogP contribution in [0.25, 0.3) is 0 Å². The van der Waals surface area contributed by atoms with E-state index in [4.69, 9.17) is 35.3 Å². The third-order valence-corrected chi connectivity index (χ3v) is 2.47. The van der Waals surface area contributed by atoms with E-state index in [9.17, 15) is 4.79 Å². The second kappa shape index (κ2) is 5.67. The first-order chi connectivity index (χ1) is 7.52. The summed E-state index contributed by atoms with van der Waals surface area (Å²) in [4.78, 5) is 10.8. The Morgan fingerprint density at radius 2 is 2.12 bits per heavy atom. The van der Waals surface area contributed by atoms with Crippen molar-refractivity contribution in [3.05, 3.63) is 28.8 Å². The van der Waals surface area contributed by atoms with Gasteiger partial charge in [0.2, 0.25) is 5.91 Å². The van der Waals surface area contributed by atoms with E-state index in [-0.39, 0.29) is 17.3 Å². The first kappa shape index (κ1) is 12.7. The summed E-state index contributed by atoms with van der Waals surface area (Å²) < 4.78 is 0. The van der Waals surface area contributed by atoms with Gasteiger partial charge in [0.15, 0.2) is 0 Å². The number of primary amides is 1. The Hall–Kier alpha value is -1.33. The summed E-state index contributed by atoms with van der Waals surface area (Å²) in [7, 11) is 0. The van der Waals surface area contributed by atoms with Crippen molar-refractivity contribution < 1.29 is 4.79 Å². The van der Waals surface area contributed by atoms with Crippen molar-refractivity contribution in [1.29, 1.82) is 0 Å². The van der Waals surface area contributed by atoms with Gasteiger partial charge in [0.05, 0.1) is 10.6 Å². The van der Waals surface area contributed by atoms with Crippen LogP contribution >= 0.6 is 23.8 Å². The van der Waals surface area contributed by atoms with Crippen molar-refractivity contribution >= 4 is 40.4 Å². The van der Waals surface area contributed by atoms with E-state index >= 15 is 0 Å². The van der Waals surface area contributed by atoms with E-state index in [2.05, 4.69) is 5.32 Å². The number of rotatable bonds is 5. The quantitative estimate of drug-likeness (QED) is 0.694. The van der Waals surface area contributed by atoms with Gasteiger partial charge in [0.25, 0.3) is 0 Å². The van der Waals surface area contributed by atoms with E-state index in [1.807, 2.05) is 0 Å². The summed E-state index contributed by atoms with van der Waals surface area (Å²) in [6, 6.07) is 5.27. The number of benzene rings is 1. The molecule has 1 aromatic rings. The Morgan fingerprint density at radius 3 is 2.69 bits per heavy atom. The summed E-state index contributed by atoms with van der Waals surface area (Å²) in [5.41, 5.74) is 11.9. The Bertz CT molecular complexity index is 423. The summed E-state index contributed by atoms with van der Waals surface area (Å²) in [6.45, 7) is 0.422. The van der Waals surface area contributed by atoms with Crippen molar-refractivity contribution in [2.45, 2.75) is 6.42 Å². The zero-order valence-electron chi connectivity index (χ0n) is 8.50. The van der Waals surface area contributed by atoms with Crippen molar-refractivity contribution in [2.24, 2.45) is 11.5 Å². The van der Waals surface area contributed by atoms with Crippen LogP contribution in [-0.2, 0) is 4.79 Å². The highest BCUT2D eigenvalue weighted by Crippen LogP contribution is 2.24. The maximum Gasteiger partial charge on any atom is 0.219 e. The second-order valence-corrected chi connectivity index (χ2v) is 4.02. The average Bonchev–Trinajstić information content (AvgIpc) is 2.16. The third kappa shape index (κ3) is 3.36. The van der Waals surface area contributed by atoms with Crippen molar-refractivity contribution in [2.75, 3.05) is 11.9 Å². The van der Waals surface area contributed by atoms with Gasteiger partial charge >= 0.3 is 0 Å². The topological polar surface area (TPSA) is 81.1 Å². The predicted molar refractivity (Wildman–Crippen MR) is 69.6 cm³/mol. The van der Waals surface area contributed by atoms with Crippen LogP contribution in [0.1, 0.15) is 12.0 Å². The highest BCUT2D eigenvalue weighted by Gasteiger charge is 2.09. The molecule has 0 aliphatic rings. The maximum absolute atomic E-state index is 10.6. The lowest BCUT2D eigenvalue weighted by Crippen LogP contribution is -2.18. The monoisotopic (exact) mass is 257 g/mol. The summed E-state index contributed by atoms with van der Waals surface area (Å²) in [5, 5.41) is 3.50. The molecule has 0 aromatic heterocycles. The van der Waals surface area contributed by atoms with Gasteiger partial charge in [0, 0.05) is 18.7 Å². The zero-order chi connectivity index (χ0) is 12.1. The minimum absolute atomic E-state index is 0.215. The average molecular weight is 258 g/mol. The molecule has 0 bridgehead atoms. The van der Waals surface area contributed by atoms with Crippen molar-refractivity contribution in [3.8, 4) is 0 Å². The Labute approximate surface area is 104 Å². The number of nitrogens with two attached hydrogens (primary N) is 2. The Kier molecular flexibility index (Phi) is 4.52. The van der Waals surface area contributed by atoms with Gasteiger partial charge in [-0.1, -0.05) is 29.9 Å². The summed E-state index contributed by atoms with van der Waals surface area (Å²) in [5.74, 6) is -0.369. The van der Waals surface area contributed by atoms with Gasteiger partial charge in [-0.3, -0.25) is 4.79 Å². The molecule has 0 spiro atoms. The summed E-state index contributed by atoms with van der Waals surface area (Å²) in [6.07, 6.45) is 0.239. The molecule has 0 aliphatic carbocycles. The van der Waals surface area contributed by atoms with E-state index in [1.165, 1.54) is 0 Å². The van der Waals surface area contributed by atoms with E-state index in [0.29, 0.717) is 22.8 Å². The van der Waals surface area contributed by atoms with Gasteiger partial charge in [-0.05, 0) is 12.1 Å². The van der Waals surface area contributed by atoms with Crippen molar-refractivity contribution in [1.82, 2.24) is 0 Å². The smallest absolute Gasteiger partial charge is 0.219 e. The third-order valence-electron chi connectivity index (χ3n) is 1.95. The fourth-order valence-corrected chi connectivity index (χ4v) is 1.79. The maximum atomic E-state index is 10.6. The number of thiocarbonyl (C=S) groups is 1. The van der Waals surface area contributed by atoms with Crippen LogP contribution in [0.15, 0.2) is 18.2 Å². The van der Waals surface area contributed by atoms with Gasteiger partial charge in [-0.15, -0.1) is 0 Å². The molecule has 1 rings (SSSR count). The number of nitrogens with one attached hydrogen (secondary N) is 1. The lowest BCUT2D eigenvalue weighted by atomic mass is 10.1. The highest BCUT2D eigenvalue weighted by molar-refractivity contribution is 7.80. The van der Waals surface area contributed by atoms with Crippen LogP contribution < -0.4 is 16.8 Å². The van der Waals surface area contributed by atoms with Crippen LogP contribution in [-0.4, -0.2) is 17.4 Å². The predicted octanol–water partition coefficient (Wildman–Crippen LogP) is 1.26. The van der Waals surface area contributed by atoms with Gasteiger partial charge in [-0.25, -0.2) is 0 Å². The molecule has 86 valence electrons. The molecule has 1 aromatic carbocycles. The molecule has 0 fully saturated rings. The number of carbonyl (C=O) groups excluding carboxylic acids is 1. The van der Waals surface area contributed by atoms with Crippen molar-refractivity contribution in [3.63, 3.8) is 0 Å². The number of halogens is 1. The SMILES string of the molecule is NC(=O)CCNc1cccc(Cl)c1C(N)=S. The molecule has 0 unspecified atom stereocenters. The van der Waals surface area contributed by atoms with Gasteiger partial charge < -0.3 is 16.8 Å². The zero-order valence-corrected chi connectivity index (χ0v) is 10.1. The minimum atomic E-state index is -0.369. The number of carbonyl (C=O) groups is 1. The van der Waals surface area contributed by atoms with E-state index in [1.54, 1.807) is 18.2 Å². The second-order valence-electron chi connectivity index (χ2n) is 3.17. The Balaban J connectivity index is 2.83. The highest BCUT2D eigenvalue weighted by atomic mass is 35.5. The fraction of sp³-hybridized carbons (Fsp3) is 0.200. The molecule has 0 saturated heterocycles. The largest absolute Gasteiger partial charge is 0.389 e. The Morgan fingerprint density at radius 1 is 1.44 bits per heavy atom. The lowest BCUT2D eigenvalue weighted by Gasteiger charge is -2.11. The normalized spacial score (nSPS) is 9.81. The molecule has 4 nitrogen and oxygen atoms in total. The van der Waals surface area contributed by atoms with E-state index in [0.717, 1.165) is 0 Å². The van der Waals surface area contributed by atoms with Crippen LogP contribution in [0.3, 0.4) is 0 Å². The molecule has 1 amide bonds. The molecule has 0 heterocycles. The minimum Gasteiger partial charge on any atom is -0.389 e. The number of hydrogen-bond acceptors (Lipinski definition) is 3. The first-order valence-corrected chi connectivity index (χ1v) is 5.41. The molecule has 0 radical (unpaired) electrons. The molecular formula is C10H12ClN3OS. The number of hydrogen-bond donors (Lipinski definition) is 3. The van der Waals surface area contributed by atoms with E-state index < -0.39 is 0 Å². The molecule has 6 heteroatoms. The molecule has 0 saturated carbocycles. The van der Waals surface area contributed by atoms with Gasteiger partial charge in [-0.2, -0.15) is 0 Å². The van der Waals surface area contributed by atoms with Crippen LogP contribution in [0, 0.1) is 0 Å². The molecule has 0 atom stereocenters. The van der Waals surface area contributed by atoms with Crippen LogP contribution in [0.2, 0.25) is 5.02 Å². The summed E-state index contributed by atoms with van der Waals surface area (Å²) >= 11 is 10.9. The van der Waals surface area contributed by atoms with Crippen LogP contribution in [0.5, 0.6) is 0 Å². The van der Waals surface area contributed by atoms with Crippen LogP contribution in [0.4, 0.5) is 5.69 Å². The first-order valence-electron chi connectivity index (χ1n) is 4.63. The molecular weight excluding hydrogens is 246 g/mol.